The van der Waals surface area contributed by atoms with Crippen molar-refractivity contribution in [3.8, 4) is 17.1 Å². The Morgan fingerprint density at radius 3 is 2.58 bits per heavy atom. The van der Waals surface area contributed by atoms with Gasteiger partial charge in [-0.25, -0.2) is 0 Å². The van der Waals surface area contributed by atoms with Crippen LogP contribution in [0.15, 0.2) is 77.3 Å². The summed E-state index contributed by atoms with van der Waals surface area (Å²) in [7, 11) is 1.59. The number of nitrogens with zero attached hydrogens (tertiary/aromatic N) is 2. The first kappa shape index (κ1) is 20.4. The fraction of sp³-hybridized carbons (Fsp3) is 0.0870. The first-order chi connectivity index (χ1) is 15.1. The molecule has 0 unspecified atom stereocenters. The van der Waals surface area contributed by atoms with Crippen LogP contribution in [-0.2, 0) is 6.54 Å². The van der Waals surface area contributed by atoms with Crippen LogP contribution >= 0.6 is 11.6 Å². The number of carbonyl (C=O) groups excluding carboxylic acids is 1. The van der Waals surface area contributed by atoms with E-state index in [1.807, 2.05) is 36.4 Å². The van der Waals surface area contributed by atoms with E-state index in [0.717, 1.165) is 5.56 Å². The molecule has 1 heterocycles. The lowest BCUT2D eigenvalue weighted by atomic mass is 10.1. The van der Waals surface area contributed by atoms with E-state index in [-0.39, 0.29) is 12.5 Å². The second-order valence-electron chi connectivity index (χ2n) is 6.57. The van der Waals surface area contributed by atoms with E-state index in [9.17, 15) is 4.79 Å². The van der Waals surface area contributed by atoms with Gasteiger partial charge in [0.05, 0.1) is 24.8 Å². The average Bonchev–Trinajstić information content (AvgIpc) is 3.28. The van der Waals surface area contributed by atoms with Gasteiger partial charge in [0.1, 0.15) is 5.75 Å². The highest BCUT2D eigenvalue weighted by Gasteiger charge is 2.15. The molecule has 0 bridgehead atoms. The van der Waals surface area contributed by atoms with Crippen molar-refractivity contribution in [2.75, 3.05) is 17.7 Å². The Kier molecular flexibility index (Phi) is 6.14. The van der Waals surface area contributed by atoms with E-state index >= 15 is 0 Å². The predicted molar refractivity (Wildman–Crippen MR) is 119 cm³/mol. The molecule has 3 aromatic carbocycles. The van der Waals surface area contributed by atoms with Gasteiger partial charge in [-0.15, -0.1) is 0 Å². The van der Waals surface area contributed by atoms with Crippen LogP contribution in [0.5, 0.6) is 5.75 Å². The first-order valence-electron chi connectivity index (χ1n) is 9.50. The second kappa shape index (κ2) is 9.32. The zero-order chi connectivity index (χ0) is 21.6. The molecule has 0 saturated heterocycles. The Morgan fingerprint density at radius 2 is 1.77 bits per heavy atom. The number of methoxy groups -OCH3 is 1. The Bertz CT molecular complexity index is 1190. The van der Waals surface area contributed by atoms with Gasteiger partial charge in [0.2, 0.25) is 11.7 Å². The molecule has 0 atom stereocenters. The lowest BCUT2D eigenvalue weighted by molar-refractivity contribution is 0.102. The van der Waals surface area contributed by atoms with Crippen molar-refractivity contribution in [1.29, 1.82) is 0 Å². The fourth-order valence-corrected chi connectivity index (χ4v) is 3.13. The number of hydrogen-bond donors (Lipinski definition) is 2. The number of hydrogen-bond acceptors (Lipinski definition) is 6. The van der Waals surface area contributed by atoms with E-state index in [0.29, 0.717) is 39.4 Å². The highest BCUT2D eigenvalue weighted by molar-refractivity contribution is 6.30. The van der Waals surface area contributed by atoms with Gasteiger partial charge in [-0.2, -0.15) is 4.98 Å². The van der Waals surface area contributed by atoms with E-state index in [1.165, 1.54) is 0 Å². The van der Waals surface area contributed by atoms with Crippen LogP contribution in [0.3, 0.4) is 0 Å². The Morgan fingerprint density at radius 1 is 1.03 bits per heavy atom. The molecule has 0 radical (unpaired) electrons. The van der Waals surface area contributed by atoms with Gasteiger partial charge in [0, 0.05) is 16.4 Å². The maximum Gasteiger partial charge on any atom is 0.257 e. The molecule has 0 aliphatic rings. The van der Waals surface area contributed by atoms with Gasteiger partial charge in [-0.05, 0) is 48.5 Å². The highest BCUT2D eigenvalue weighted by Crippen LogP contribution is 2.27. The molecule has 156 valence electrons. The molecule has 1 amide bonds. The summed E-state index contributed by atoms with van der Waals surface area (Å²) < 4.78 is 10.7. The molecule has 0 aliphatic carbocycles. The van der Waals surface area contributed by atoms with Crippen molar-refractivity contribution >= 4 is 28.9 Å². The monoisotopic (exact) mass is 434 g/mol. The summed E-state index contributed by atoms with van der Waals surface area (Å²) in [6, 6.07) is 21.6. The first-order valence-corrected chi connectivity index (χ1v) is 9.87. The van der Waals surface area contributed by atoms with Gasteiger partial charge in [-0.3, -0.25) is 4.79 Å². The number of para-hydroxylation sites is 2. The molecule has 7 nitrogen and oxygen atoms in total. The third kappa shape index (κ3) is 4.84. The lowest BCUT2D eigenvalue weighted by Crippen LogP contribution is -2.14. The molecule has 0 fully saturated rings. The summed E-state index contributed by atoms with van der Waals surface area (Å²) in [4.78, 5) is 17.2. The molecule has 0 aliphatic heterocycles. The maximum absolute atomic E-state index is 12.7. The molecular weight excluding hydrogens is 416 g/mol. The molecule has 31 heavy (non-hydrogen) atoms. The van der Waals surface area contributed by atoms with Crippen LogP contribution in [-0.4, -0.2) is 23.2 Å². The molecule has 8 heteroatoms. The van der Waals surface area contributed by atoms with E-state index in [1.54, 1.807) is 43.5 Å². The normalized spacial score (nSPS) is 10.5. The zero-order valence-corrected chi connectivity index (χ0v) is 17.4. The Hall–Kier alpha value is -3.84. The maximum atomic E-state index is 12.7. The van der Waals surface area contributed by atoms with Crippen molar-refractivity contribution in [2.24, 2.45) is 0 Å². The summed E-state index contributed by atoms with van der Waals surface area (Å²) in [6.07, 6.45) is 0. The Labute approximate surface area is 184 Å². The minimum absolute atomic E-state index is 0.245. The largest absolute Gasteiger partial charge is 0.496 e. The van der Waals surface area contributed by atoms with Gasteiger partial charge in [0.25, 0.3) is 5.91 Å². The molecule has 0 spiro atoms. The van der Waals surface area contributed by atoms with Crippen LogP contribution < -0.4 is 15.4 Å². The van der Waals surface area contributed by atoms with Crippen molar-refractivity contribution in [1.82, 2.24) is 10.1 Å². The van der Waals surface area contributed by atoms with Crippen molar-refractivity contribution in [2.45, 2.75) is 6.54 Å². The number of halogens is 1. The molecule has 0 saturated carbocycles. The third-order valence-electron chi connectivity index (χ3n) is 4.52. The van der Waals surface area contributed by atoms with Gasteiger partial charge < -0.3 is 19.9 Å². The van der Waals surface area contributed by atoms with Crippen LogP contribution in [0.4, 0.5) is 11.4 Å². The molecule has 4 aromatic rings. The number of anilines is 2. The molecule has 1 aromatic heterocycles. The molecule has 2 N–H and O–H groups in total. The smallest absolute Gasteiger partial charge is 0.257 e. The quantitative estimate of drug-likeness (QED) is 0.412. The lowest BCUT2D eigenvalue weighted by Gasteiger charge is -2.11. The summed E-state index contributed by atoms with van der Waals surface area (Å²) in [5.41, 5.74) is 2.53. The SMILES string of the molecule is COc1ccccc1-c1noc(CNc2ccccc2C(=O)Nc2ccc(Cl)cc2)n1. The van der Waals surface area contributed by atoms with Gasteiger partial charge >= 0.3 is 0 Å². The average molecular weight is 435 g/mol. The number of amides is 1. The van der Waals surface area contributed by atoms with Crippen LogP contribution in [0.25, 0.3) is 11.4 Å². The van der Waals surface area contributed by atoms with Gasteiger partial charge in [-0.1, -0.05) is 41.0 Å². The van der Waals surface area contributed by atoms with E-state index < -0.39 is 0 Å². The summed E-state index contributed by atoms with van der Waals surface area (Å²) in [6.45, 7) is 0.257. The molecular formula is C23H19ClN4O3. The molecule has 4 rings (SSSR count). The zero-order valence-electron chi connectivity index (χ0n) is 16.6. The van der Waals surface area contributed by atoms with Gasteiger partial charge in [0.15, 0.2) is 0 Å². The topological polar surface area (TPSA) is 89.3 Å². The number of carbonyl (C=O) groups is 1. The standard InChI is InChI=1S/C23H19ClN4O3/c1-30-20-9-5-3-7-18(20)22-27-21(31-28-22)14-25-19-8-4-2-6-17(19)23(29)26-16-12-10-15(24)11-13-16/h2-13,25H,14H2,1H3,(H,26,29). The highest BCUT2D eigenvalue weighted by atomic mass is 35.5. The number of ether oxygens (including phenoxy) is 1. The van der Waals surface area contributed by atoms with E-state index in [4.69, 9.17) is 20.9 Å². The second-order valence-corrected chi connectivity index (χ2v) is 7.01. The third-order valence-corrected chi connectivity index (χ3v) is 4.77. The van der Waals surface area contributed by atoms with Crippen molar-refractivity contribution in [3.63, 3.8) is 0 Å². The summed E-state index contributed by atoms with van der Waals surface area (Å²) in [5, 5.41) is 10.7. The minimum Gasteiger partial charge on any atom is -0.496 e. The number of nitrogens with one attached hydrogen (secondary N) is 2. The number of aromatic nitrogens is 2. The Balaban J connectivity index is 1.47. The van der Waals surface area contributed by atoms with Crippen LogP contribution in [0.1, 0.15) is 16.2 Å². The van der Waals surface area contributed by atoms with Crippen molar-refractivity contribution < 1.29 is 14.1 Å². The number of rotatable bonds is 7. The number of benzene rings is 3. The van der Waals surface area contributed by atoms with Crippen LogP contribution in [0.2, 0.25) is 5.02 Å². The summed E-state index contributed by atoms with van der Waals surface area (Å²) >= 11 is 5.90. The minimum atomic E-state index is -0.245. The van der Waals surface area contributed by atoms with Crippen LogP contribution in [0, 0.1) is 0 Å². The predicted octanol–water partition coefficient (Wildman–Crippen LogP) is 5.26. The van der Waals surface area contributed by atoms with Crippen molar-refractivity contribution in [3.05, 3.63) is 89.3 Å². The van der Waals surface area contributed by atoms with E-state index in [2.05, 4.69) is 20.8 Å². The fourth-order valence-electron chi connectivity index (χ4n) is 3.00. The summed E-state index contributed by atoms with van der Waals surface area (Å²) in [5.74, 6) is 1.23.